The number of benzene rings is 1. The van der Waals surface area contributed by atoms with Gasteiger partial charge in [0.05, 0.1) is 18.8 Å². The number of fused-ring (bicyclic) bond motifs is 1. The quantitative estimate of drug-likeness (QED) is 0.764. The van der Waals surface area contributed by atoms with E-state index in [4.69, 9.17) is 0 Å². The third-order valence-corrected chi connectivity index (χ3v) is 2.74. The summed E-state index contributed by atoms with van der Waals surface area (Å²) in [4.78, 5) is 22.6. The molecule has 0 radical (unpaired) electrons. The van der Waals surface area contributed by atoms with Gasteiger partial charge in [-0.25, -0.2) is 0 Å². The number of carbonyl (C=O) groups is 1. The summed E-state index contributed by atoms with van der Waals surface area (Å²) in [6.07, 6.45) is 2.28. The highest BCUT2D eigenvalue weighted by Crippen LogP contribution is 2.08. The molecule has 0 saturated carbocycles. The molecule has 2 rings (SSSR count). The second-order valence-electron chi connectivity index (χ2n) is 3.93. The van der Waals surface area contributed by atoms with Crippen LogP contribution in [0.1, 0.15) is 12.8 Å². The predicted molar refractivity (Wildman–Crippen MR) is 67.3 cm³/mol. The van der Waals surface area contributed by atoms with Crippen molar-refractivity contribution in [1.82, 2.24) is 9.78 Å². The highest BCUT2D eigenvalue weighted by atomic mass is 16.5. The number of hydrogen-bond acceptors (Lipinski definition) is 4. The zero-order valence-corrected chi connectivity index (χ0v) is 10.1. The topological polar surface area (TPSA) is 61.2 Å². The van der Waals surface area contributed by atoms with E-state index in [0.717, 1.165) is 5.52 Å². The van der Waals surface area contributed by atoms with E-state index in [1.54, 1.807) is 10.7 Å². The smallest absolute Gasteiger partial charge is 0.305 e. The number of rotatable bonds is 4. The molecular formula is C13H14N2O3. The van der Waals surface area contributed by atoms with Gasteiger partial charge in [-0.2, -0.15) is 5.10 Å². The molecule has 0 spiro atoms. The molecular weight excluding hydrogens is 232 g/mol. The second-order valence-corrected chi connectivity index (χ2v) is 3.93. The van der Waals surface area contributed by atoms with Crippen LogP contribution in [0.3, 0.4) is 0 Å². The van der Waals surface area contributed by atoms with Crippen LogP contribution in [0.4, 0.5) is 0 Å². The Kier molecular flexibility index (Phi) is 3.72. The van der Waals surface area contributed by atoms with Gasteiger partial charge in [0.1, 0.15) is 0 Å². The lowest BCUT2D eigenvalue weighted by Crippen LogP contribution is -2.13. The first-order valence-electron chi connectivity index (χ1n) is 5.74. The van der Waals surface area contributed by atoms with Crippen LogP contribution in [-0.4, -0.2) is 22.9 Å². The van der Waals surface area contributed by atoms with Crippen LogP contribution in [0.2, 0.25) is 0 Å². The normalized spacial score (nSPS) is 10.5. The molecule has 0 atom stereocenters. The maximum absolute atomic E-state index is 11.6. The molecule has 0 saturated heterocycles. The van der Waals surface area contributed by atoms with Crippen LogP contribution in [0.15, 0.2) is 35.3 Å². The summed E-state index contributed by atoms with van der Waals surface area (Å²) in [5.74, 6) is -0.236. The molecule has 1 heterocycles. The predicted octanol–water partition coefficient (Wildman–Crippen LogP) is 1.35. The molecule has 0 aliphatic carbocycles. The third-order valence-electron chi connectivity index (χ3n) is 2.74. The van der Waals surface area contributed by atoms with Crippen LogP contribution in [0.25, 0.3) is 10.9 Å². The van der Waals surface area contributed by atoms with Gasteiger partial charge in [-0.15, -0.1) is 0 Å². The first kappa shape index (κ1) is 12.3. The van der Waals surface area contributed by atoms with Crippen molar-refractivity contribution in [3.05, 3.63) is 40.7 Å². The Bertz CT molecular complexity index is 619. The molecule has 1 aromatic heterocycles. The second kappa shape index (κ2) is 5.44. The van der Waals surface area contributed by atoms with Gasteiger partial charge >= 0.3 is 5.97 Å². The number of aromatic nitrogens is 2. The Morgan fingerprint density at radius 3 is 2.94 bits per heavy atom. The lowest BCUT2D eigenvalue weighted by atomic mass is 10.2. The largest absolute Gasteiger partial charge is 0.469 e. The summed E-state index contributed by atoms with van der Waals surface area (Å²) >= 11 is 0. The van der Waals surface area contributed by atoms with E-state index >= 15 is 0 Å². The molecule has 0 aliphatic heterocycles. The molecule has 5 nitrogen and oxygen atoms in total. The van der Waals surface area contributed by atoms with Gasteiger partial charge in [-0.3, -0.25) is 14.3 Å². The van der Waals surface area contributed by atoms with E-state index in [9.17, 15) is 9.59 Å². The monoisotopic (exact) mass is 246 g/mol. The minimum Gasteiger partial charge on any atom is -0.469 e. The van der Waals surface area contributed by atoms with Crippen molar-refractivity contribution >= 4 is 16.9 Å². The van der Waals surface area contributed by atoms with Gasteiger partial charge in [-0.1, -0.05) is 12.1 Å². The lowest BCUT2D eigenvalue weighted by molar-refractivity contribution is -0.140. The first-order chi connectivity index (χ1) is 8.72. The van der Waals surface area contributed by atoms with Crippen LogP contribution in [0.5, 0.6) is 0 Å². The molecule has 1 aromatic carbocycles. The van der Waals surface area contributed by atoms with E-state index in [0.29, 0.717) is 24.8 Å². The summed E-state index contributed by atoms with van der Waals surface area (Å²) < 4.78 is 6.31. The SMILES string of the molecule is COC(=O)CCCn1ncc(=O)c2ccccc21. The molecule has 0 amide bonds. The fourth-order valence-corrected chi connectivity index (χ4v) is 1.81. The Balaban J connectivity index is 2.21. The average Bonchev–Trinajstić information content (AvgIpc) is 2.41. The summed E-state index contributed by atoms with van der Waals surface area (Å²) in [6.45, 7) is 0.579. The van der Waals surface area contributed by atoms with Crippen molar-refractivity contribution in [2.75, 3.05) is 7.11 Å². The van der Waals surface area contributed by atoms with Gasteiger partial charge < -0.3 is 4.74 Å². The maximum Gasteiger partial charge on any atom is 0.305 e. The van der Waals surface area contributed by atoms with Crippen LogP contribution in [0, 0.1) is 0 Å². The number of para-hydroxylation sites is 1. The van der Waals surface area contributed by atoms with E-state index in [1.807, 2.05) is 18.2 Å². The summed E-state index contributed by atoms with van der Waals surface area (Å²) in [7, 11) is 1.37. The zero-order valence-electron chi connectivity index (χ0n) is 10.1. The Morgan fingerprint density at radius 2 is 2.17 bits per heavy atom. The van der Waals surface area contributed by atoms with Crippen molar-refractivity contribution in [2.24, 2.45) is 0 Å². The van der Waals surface area contributed by atoms with Crippen LogP contribution < -0.4 is 5.43 Å². The molecule has 0 fully saturated rings. The summed E-state index contributed by atoms with van der Waals surface area (Å²) in [5.41, 5.74) is 0.699. The van der Waals surface area contributed by atoms with Crippen molar-refractivity contribution in [3.63, 3.8) is 0 Å². The van der Waals surface area contributed by atoms with Crippen molar-refractivity contribution in [1.29, 1.82) is 0 Å². The molecule has 0 unspecified atom stereocenters. The summed E-state index contributed by atoms with van der Waals surface area (Å²) in [6, 6.07) is 7.31. The highest BCUT2D eigenvalue weighted by molar-refractivity contribution is 5.77. The molecule has 0 bridgehead atoms. The van der Waals surface area contributed by atoms with Gasteiger partial charge in [0.2, 0.25) is 5.43 Å². The number of methoxy groups -OCH3 is 1. The number of carbonyl (C=O) groups excluding carboxylic acids is 1. The van der Waals surface area contributed by atoms with Crippen molar-refractivity contribution < 1.29 is 9.53 Å². The van der Waals surface area contributed by atoms with Crippen molar-refractivity contribution in [3.8, 4) is 0 Å². The van der Waals surface area contributed by atoms with Gasteiger partial charge in [0.25, 0.3) is 0 Å². The lowest BCUT2D eigenvalue weighted by Gasteiger charge is -2.08. The Labute approximate surface area is 104 Å². The number of ether oxygens (including phenoxy) is 1. The summed E-state index contributed by atoms with van der Waals surface area (Å²) in [5, 5.41) is 4.73. The number of esters is 1. The number of nitrogens with zero attached hydrogens (tertiary/aromatic N) is 2. The van der Waals surface area contributed by atoms with Gasteiger partial charge in [0, 0.05) is 18.4 Å². The highest BCUT2D eigenvalue weighted by Gasteiger charge is 2.04. The van der Waals surface area contributed by atoms with E-state index in [2.05, 4.69) is 9.84 Å². The number of aryl methyl sites for hydroxylation is 1. The van der Waals surface area contributed by atoms with Gasteiger partial charge in [0.15, 0.2) is 0 Å². The minimum atomic E-state index is -0.236. The zero-order chi connectivity index (χ0) is 13.0. The first-order valence-corrected chi connectivity index (χ1v) is 5.74. The standard InChI is InChI=1S/C13H14N2O3/c1-18-13(17)7-4-8-15-11-6-3-2-5-10(11)12(16)9-14-15/h2-3,5-6,9H,4,7-8H2,1H3. The molecule has 0 aliphatic rings. The van der Waals surface area contributed by atoms with Gasteiger partial charge in [-0.05, 0) is 18.6 Å². The number of hydrogen-bond donors (Lipinski definition) is 0. The van der Waals surface area contributed by atoms with Crippen LogP contribution >= 0.6 is 0 Å². The average molecular weight is 246 g/mol. The van der Waals surface area contributed by atoms with E-state index in [1.165, 1.54) is 13.3 Å². The third kappa shape index (κ3) is 2.56. The fraction of sp³-hybridized carbons (Fsp3) is 0.308. The fourth-order valence-electron chi connectivity index (χ4n) is 1.81. The molecule has 0 N–H and O–H groups in total. The molecule has 94 valence electrons. The molecule has 18 heavy (non-hydrogen) atoms. The maximum atomic E-state index is 11.6. The van der Waals surface area contributed by atoms with E-state index < -0.39 is 0 Å². The Morgan fingerprint density at radius 1 is 1.39 bits per heavy atom. The van der Waals surface area contributed by atoms with Crippen LogP contribution in [-0.2, 0) is 16.1 Å². The minimum absolute atomic E-state index is 0.0881. The van der Waals surface area contributed by atoms with E-state index in [-0.39, 0.29) is 11.4 Å². The molecule has 5 heteroatoms. The van der Waals surface area contributed by atoms with Crippen molar-refractivity contribution in [2.45, 2.75) is 19.4 Å². The Hall–Kier alpha value is -2.17. The molecule has 2 aromatic rings.